The van der Waals surface area contributed by atoms with Gasteiger partial charge in [-0.15, -0.1) is 0 Å². The molecule has 0 aromatic heterocycles. The lowest BCUT2D eigenvalue weighted by Gasteiger charge is -2.40. The summed E-state index contributed by atoms with van der Waals surface area (Å²) in [7, 11) is 0. The minimum atomic E-state index is -3.34. The Hall–Kier alpha value is -3.23. The lowest BCUT2D eigenvalue weighted by Crippen LogP contribution is -2.51. The molecule has 2 heterocycles. The molecular weight excluding hydrogens is 615 g/mol. The molecule has 0 bridgehead atoms. The quantitative estimate of drug-likeness (QED) is 0.168. The maximum absolute atomic E-state index is 13.6. The lowest BCUT2D eigenvalue weighted by molar-refractivity contribution is -0.138. The minimum Gasteiger partial charge on any atom is -0.370 e. The summed E-state index contributed by atoms with van der Waals surface area (Å²) in [6.07, 6.45) is 0. The summed E-state index contributed by atoms with van der Waals surface area (Å²) >= 11 is 12.3. The van der Waals surface area contributed by atoms with E-state index < -0.39 is 44.5 Å². The first-order valence-corrected chi connectivity index (χ1v) is 16.1. The van der Waals surface area contributed by atoms with E-state index in [0.29, 0.717) is 32.6 Å². The number of hydrogen-bond donors (Lipinski definition) is 0. The number of halogens is 2. The Balaban J connectivity index is 1.12. The summed E-state index contributed by atoms with van der Waals surface area (Å²) in [6, 6.07) is 31.4. The molecule has 46 heavy (non-hydrogen) atoms. The Morgan fingerprint density at radius 3 is 1.59 bits per heavy atom. The van der Waals surface area contributed by atoms with Crippen LogP contribution in [-0.4, -0.2) is 97.4 Å². The standard InChI is InChI=1S/C38H42Cl2N4O2/c39-34-15-11-32(12-16-34)37(30-7-3-1-4-8-30)43-21-19-41(20-22-43)27-28-46-29-36(45)42-23-25-44(26-24-42)38(31-9-5-2-6-10-31)33-13-17-35(40)18-14-33/h1-18,37-38H,19-29H2/i23D2,24D2,25D2,26D2. The molecule has 2 aliphatic heterocycles. The zero-order chi connectivity index (χ0) is 38.9. The molecule has 1 amide bonds. The lowest BCUT2D eigenvalue weighted by atomic mass is 9.96. The van der Waals surface area contributed by atoms with Crippen LogP contribution in [0.3, 0.4) is 0 Å². The Morgan fingerprint density at radius 1 is 0.630 bits per heavy atom. The second-order valence-corrected chi connectivity index (χ2v) is 12.1. The van der Waals surface area contributed by atoms with Crippen LogP contribution >= 0.6 is 23.2 Å². The topological polar surface area (TPSA) is 39.3 Å². The molecular formula is C38H42Cl2N4O2. The van der Waals surface area contributed by atoms with E-state index in [0.717, 1.165) is 31.7 Å². The van der Waals surface area contributed by atoms with Crippen molar-refractivity contribution in [3.63, 3.8) is 0 Å². The van der Waals surface area contributed by atoms with Crippen molar-refractivity contribution < 1.29 is 20.5 Å². The number of carbonyl (C=O) groups excluding carboxylic acids is 1. The third-order valence-corrected chi connectivity index (χ3v) is 8.73. The highest BCUT2D eigenvalue weighted by molar-refractivity contribution is 6.30. The number of ether oxygens (including phenoxy) is 1. The number of hydrogen-bond acceptors (Lipinski definition) is 5. The number of piperazine rings is 2. The van der Waals surface area contributed by atoms with Crippen LogP contribution < -0.4 is 0 Å². The van der Waals surface area contributed by atoms with Gasteiger partial charge in [0.1, 0.15) is 6.61 Å². The van der Waals surface area contributed by atoms with Crippen LogP contribution in [0.1, 0.15) is 45.3 Å². The average Bonchev–Trinajstić information content (AvgIpc) is 3.14. The van der Waals surface area contributed by atoms with Gasteiger partial charge in [-0.25, -0.2) is 0 Å². The molecule has 0 saturated carbocycles. The van der Waals surface area contributed by atoms with Gasteiger partial charge in [-0.3, -0.25) is 19.5 Å². The Morgan fingerprint density at radius 2 is 1.09 bits per heavy atom. The highest BCUT2D eigenvalue weighted by atomic mass is 35.5. The summed E-state index contributed by atoms with van der Waals surface area (Å²) < 4.78 is 77.6. The molecule has 240 valence electrons. The fraction of sp³-hybridized carbons (Fsp3) is 0.342. The van der Waals surface area contributed by atoms with Gasteiger partial charge in [0.15, 0.2) is 0 Å². The number of rotatable bonds is 11. The largest absolute Gasteiger partial charge is 0.370 e. The van der Waals surface area contributed by atoms with Gasteiger partial charge in [0.2, 0.25) is 5.91 Å². The molecule has 2 saturated heterocycles. The normalized spacial score (nSPS) is 24.9. The van der Waals surface area contributed by atoms with E-state index in [1.165, 1.54) is 5.56 Å². The van der Waals surface area contributed by atoms with Crippen LogP contribution in [0.15, 0.2) is 109 Å². The summed E-state index contributed by atoms with van der Waals surface area (Å²) in [5.41, 5.74) is 3.05. The summed E-state index contributed by atoms with van der Waals surface area (Å²) in [4.78, 5) is 18.8. The predicted molar refractivity (Wildman–Crippen MR) is 186 cm³/mol. The molecule has 2 aliphatic rings. The summed E-state index contributed by atoms with van der Waals surface area (Å²) in [5, 5.41) is 1.05. The molecule has 8 heteroatoms. The smallest absolute Gasteiger partial charge is 0.248 e. The van der Waals surface area contributed by atoms with Crippen molar-refractivity contribution in [2.75, 3.05) is 71.9 Å². The van der Waals surface area contributed by atoms with Crippen molar-refractivity contribution in [2.45, 2.75) is 12.1 Å². The molecule has 2 unspecified atom stereocenters. The Kier molecular flexibility index (Phi) is 8.37. The second kappa shape index (κ2) is 16.1. The van der Waals surface area contributed by atoms with Crippen molar-refractivity contribution >= 4 is 29.1 Å². The molecule has 0 aliphatic carbocycles. The first-order valence-electron chi connectivity index (χ1n) is 19.3. The van der Waals surface area contributed by atoms with E-state index >= 15 is 0 Å². The summed E-state index contributed by atoms with van der Waals surface area (Å²) in [6.45, 7) is -10.4. The molecule has 2 fully saturated rings. The third-order valence-electron chi connectivity index (χ3n) is 8.22. The van der Waals surface area contributed by atoms with Gasteiger partial charge in [0, 0.05) is 74.2 Å². The van der Waals surface area contributed by atoms with Crippen molar-refractivity contribution in [1.82, 2.24) is 19.6 Å². The van der Waals surface area contributed by atoms with Crippen molar-refractivity contribution in [2.24, 2.45) is 0 Å². The summed E-state index contributed by atoms with van der Waals surface area (Å²) in [5.74, 6) is -1.21. The van der Waals surface area contributed by atoms with Crippen LogP contribution in [0, 0.1) is 0 Å². The van der Waals surface area contributed by atoms with Gasteiger partial charge in [0.05, 0.1) is 24.2 Å². The van der Waals surface area contributed by atoms with E-state index in [-0.39, 0.29) is 17.5 Å². The fourth-order valence-corrected chi connectivity index (χ4v) is 6.10. The van der Waals surface area contributed by atoms with Crippen LogP contribution in [0.5, 0.6) is 0 Å². The molecule has 4 aromatic rings. The highest BCUT2D eigenvalue weighted by Crippen LogP contribution is 2.32. The van der Waals surface area contributed by atoms with E-state index in [2.05, 4.69) is 21.9 Å². The number of benzene rings is 4. The number of carbonyl (C=O) groups is 1. The van der Waals surface area contributed by atoms with E-state index in [4.69, 9.17) is 38.9 Å². The predicted octanol–water partition coefficient (Wildman–Crippen LogP) is 6.65. The molecule has 2 atom stereocenters. The second-order valence-electron chi connectivity index (χ2n) is 11.2. The van der Waals surface area contributed by atoms with Crippen LogP contribution in [-0.2, 0) is 9.53 Å². The first-order chi connectivity index (χ1) is 25.6. The average molecular weight is 666 g/mol. The van der Waals surface area contributed by atoms with Gasteiger partial charge < -0.3 is 9.64 Å². The molecule has 0 radical (unpaired) electrons. The van der Waals surface area contributed by atoms with E-state index in [1.54, 1.807) is 54.6 Å². The van der Waals surface area contributed by atoms with Gasteiger partial charge in [0.25, 0.3) is 0 Å². The molecule has 0 spiro atoms. The SMILES string of the molecule is [2H]C1([2H])N(C(=O)COCCN2CCN(C(c3ccccc3)c3ccc(Cl)cc3)CC2)C([2H])([2H])C([2H])([2H])N(C(c2ccccc2)c2ccc(Cl)cc2)C1([2H])[2H]. The highest BCUT2D eigenvalue weighted by Gasteiger charge is 2.29. The number of nitrogens with zero attached hydrogens (tertiary/aromatic N) is 4. The van der Waals surface area contributed by atoms with Crippen molar-refractivity contribution in [3.05, 3.63) is 141 Å². The molecule has 0 N–H and O–H groups in total. The monoisotopic (exact) mass is 664 g/mol. The zero-order valence-electron chi connectivity index (χ0n) is 33.4. The molecule has 6 nitrogen and oxygen atoms in total. The zero-order valence-corrected chi connectivity index (χ0v) is 26.9. The van der Waals surface area contributed by atoms with E-state index in [1.807, 2.05) is 42.5 Å². The Labute approximate surface area is 294 Å². The van der Waals surface area contributed by atoms with Crippen LogP contribution in [0.4, 0.5) is 0 Å². The molecule has 6 rings (SSSR count). The fourth-order valence-electron chi connectivity index (χ4n) is 5.85. The maximum Gasteiger partial charge on any atom is 0.248 e. The van der Waals surface area contributed by atoms with Crippen molar-refractivity contribution in [3.8, 4) is 0 Å². The van der Waals surface area contributed by atoms with Gasteiger partial charge in [-0.2, -0.15) is 0 Å². The number of amides is 1. The van der Waals surface area contributed by atoms with Gasteiger partial charge in [-0.1, -0.05) is 108 Å². The maximum atomic E-state index is 13.6. The van der Waals surface area contributed by atoms with Crippen molar-refractivity contribution in [1.29, 1.82) is 0 Å². The van der Waals surface area contributed by atoms with Gasteiger partial charge >= 0.3 is 0 Å². The minimum absolute atomic E-state index is 0.0413. The first kappa shape index (κ1) is 24.0. The third kappa shape index (κ3) is 8.37. The van der Waals surface area contributed by atoms with Gasteiger partial charge in [-0.05, 0) is 46.5 Å². The van der Waals surface area contributed by atoms with E-state index in [9.17, 15) is 4.79 Å². The van der Waals surface area contributed by atoms with Crippen LogP contribution in [0.2, 0.25) is 10.0 Å². The van der Waals surface area contributed by atoms with Crippen LogP contribution in [0.25, 0.3) is 0 Å². The molecule has 4 aromatic carbocycles. The Bertz CT molecular complexity index is 1840.